The summed E-state index contributed by atoms with van der Waals surface area (Å²) in [5, 5.41) is 20.7. The third kappa shape index (κ3) is 3.14. The topological polar surface area (TPSA) is 95.3 Å². The fraction of sp³-hybridized carbons (Fsp3) is 0.550. The van der Waals surface area contributed by atoms with Crippen molar-refractivity contribution in [1.29, 1.82) is 0 Å². The lowest BCUT2D eigenvalue weighted by molar-refractivity contribution is 0.0709. The average Bonchev–Trinajstić information content (AvgIpc) is 3.48. The maximum Gasteiger partial charge on any atom is 0.257 e. The van der Waals surface area contributed by atoms with E-state index in [1.54, 1.807) is 0 Å². The largest absolute Gasteiger partial charge is 0.355 e. The monoisotopic (exact) mass is 394 g/mol. The highest BCUT2D eigenvalue weighted by Crippen LogP contribution is 2.29. The molecule has 0 bridgehead atoms. The van der Waals surface area contributed by atoms with Crippen molar-refractivity contribution >= 4 is 17.4 Å². The van der Waals surface area contributed by atoms with Gasteiger partial charge in [0.05, 0.1) is 11.3 Å². The first kappa shape index (κ1) is 18.1. The molecule has 29 heavy (non-hydrogen) atoms. The van der Waals surface area contributed by atoms with Crippen LogP contribution in [0.5, 0.6) is 0 Å². The second kappa shape index (κ2) is 7.13. The van der Waals surface area contributed by atoms with Crippen LogP contribution in [0.4, 0.5) is 5.82 Å². The van der Waals surface area contributed by atoms with Crippen LogP contribution in [0.1, 0.15) is 59.2 Å². The molecular weight excluding hydrogens is 368 g/mol. The van der Waals surface area contributed by atoms with Crippen molar-refractivity contribution in [3.63, 3.8) is 0 Å². The molecule has 2 fully saturated rings. The Hall–Kier alpha value is -2.97. The highest BCUT2D eigenvalue weighted by atomic mass is 16.2. The van der Waals surface area contributed by atoms with Crippen LogP contribution >= 0.6 is 0 Å². The second-order valence-electron chi connectivity index (χ2n) is 8.09. The van der Waals surface area contributed by atoms with Gasteiger partial charge < -0.3 is 9.80 Å². The molecule has 152 valence electrons. The van der Waals surface area contributed by atoms with Gasteiger partial charge in [-0.3, -0.25) is 9.89 Å². The van der Waals surface area contributed by atoms with Gasteiger partial charge in [0.1, 0.15) is 5.82 Å². The first-order valence-electron chi connectivity index (χ1n) is 10.4. The molecule has 3 aromatic rings. The van der Waals surface area contributed by atoms with Gasteiger partial charge in [0.2, 0.25) is 0 Å². The fourth-order valence-electron chi connectivity index (χ4n) is 4.53. The lowest BCUT2D eigenvalue weighted by Crippen LogP contribution is -2.38. The Morgan fingerprint density at radius 2 is 1.83 bits per heavy atom. The number of aromatic nitrogens is 6. The van der Waals surface area contributed by atoms with Crippen molar-refractivity contribution in [3.05, 3.63) is 34.9 Å². The Labute approximate surface area is 169 Å². The van der Waals surface area contributed by atoms with Gasteiger partial charge in [-0.1, -0.05) is 0 Å². The molecule has 0 unspecified atom stereocenters. The van der Waals surface area contributed by atoms with E-state index in [4.69, 9.17) is 5.10 Å². The van der Waals surface area contributed by atoms with Crippen molar-refractivity contribution in [2.75, 3.05) is 31.1 Å². The van der Waals surface area contributed by atoms with Crippen molar-refractivity contribution in [3.8, 4) is 0 Å². The highest BCUT2D eigenvalue weighted by molar-refractivity contribution is 5.96. The molecule has 2 saturated heterocycles. The minimum Gasteiger partial charge on any atom is -0.355 e. The number of piperidine rings is 1. The van der Waals surface area contributed by atoms with Crippen molar-refractivity contribution < 1.29 is 4.79 Å². The number of carbonyl (C=O) groups excluding carboxylic acids is 1. The van der Waals surface area contributed by atoms with Crippen LogP contribution in [0.15, 0.2) is 12.1 Å². The third-order valence-corrected chi connectivity index (χ3v) is 6.19. The number of likely N-dealkylation sites (tertiary alicyclic amines) is 1. The van der Waals surface area contributed by atoms with Gasteiger partial charge in [0, 0.05) is 37.8 Å². The Morgan fingerprint density at radius 1 is 1.07 bits per heavy atom. The number of anilines is 1. The summed E-state index contributed by atoms with van der Waals surface area (Å²) in [6.45, 7) is 7.29. The van der Waals surface area contributed by atoms with E-state index in [1.165, 1.54) is 12.8 Å². The smallest absolute Gasteiger partial charge is 0.257 e. The quantitative estimate of drug-likeness (QED) is 0.731. The minimum absolute atomic E-state index is 0.0627. The van der Waals surface area contributed by atoms with Gasteiger partial charge in [-0.2, -0.15) is 9.61 Å². The Balaban J connectivity index is 1.33. The maximum absolute atomic E-state index is 12.9. The molecule has 0 spiro atoms. The van der Waals surface area contributed by atoms with Crippen LogP contribution in [0.2, 0.25) is 0 Å². The number of rotatable bonds is 3. The summed E-state index contributed by atoms with van der Waals surface area (Å²) in [4.78, 5) is 17.2. The normalized spacial score (nSPS) is 18.1. The maximum atomic E-state index is 12.9. The first-order valence-corrected chi connectivity index (χ1v) is 10.4. The molecule has 1 amide bonds. The lowest BCUT2D eigenvalue weighted by Gasteiger charge is -2.31. The molecule has 3 aromatic heterocycles. The number of hydrogen-bond donors (Lipinski definition) is 1. The van der Waals surface area contributed by atoms with Gasteiger partial charge in [0.15, 0.2) is 11.5 Å². The van der Waals surface area contributed by atoms with E-state index >= 15 is 0 Å². The van der Waals surface area contributed by atoms with Crippen molar-refractivity contribution in [2.45, 2.75) is 45.4 Å². The summed E-state index contributed by atoms with van der Waals surface area (Å²) in [6.07, 6.45) is 4.16. The number of H-pyrrole nitrogens is 1. The van der Waals surface area contributed by atoms with Crippen LogP contribution in [-0.4, -0.2) is 67.0 Å². The number of aryl methyl sites for hydroxylation is 2. The zero-order valence-corrected chi connectivity index (χ0v) is 16.9. The van der Waals surface area contributed by atoms with Crippen LogP contribution in [0.3, 0.4) is 0 Å². The van der Waals surface area contributed by atoms with Gasteiger partial charge in [-0.25, -0.2) is 0 Å². The molecule has 0 atom stereocenters. The van der Waals surface area contributed by atoms with Gasteiger partial charge in [-0.05, 0) is 51.7 Å². The Morgan fingerprint density at radius 3 is 2.52 bits per heavy atom. The minimum atomic E-state index is 0.0627. The summed E-state index contributed by atoms with van der Waals surface area (Å²) < 4.78 is 1.90. The summed E-state index contributed by atoms with van der Waals surface area (Å²) in [5.41, 5.74) is 3.08. The Bertz CT molecular complexity index is 1020. The number of nitrogens with one attached hydrogen (secondary N) is 1. The van der Waals surface area contributed by atoms with E-state index in [0.29, 0.717) is 18.7 Å². The van der Waals surface area contributed by atoms with Crippen LogP contribution < -0.4 is 4.90 Å². The molecule has 0 saturated carbocycles. The van der Waals surface area contributed by atoms with E-state index in [0.717, 1.165) is 54.6 Å². The standard InChI is InChI=1S/C20H26N8O/c1-13-18(14(2)22-21-13)20(29)27-11-7-15(8-12-27)19-24-23-16-5-6-17(25-28(16)19)26-9-3-4-10-26/h5-6,15H,3-4,7-12H2,1-2H3,(H,21,22). The number of amides is 1. The zero-order valence-electron chi connectivity index (χ0n) is 16.9. The molecule has 0 aromatic carbocycles. The van der Waals surface area contributed by atoms with Crippen LogP contribution in [-0.2, 0) is 0 Å². The molecule has 0 radical (unpaired) electrons. The van der Waals surface area contributed by atoms with Gasteiger partial charge in [0.25, 0.3) is 5.91 Å². The number of carbonyl (C=O) groups is 1. The molecule has 2 aliphatic heterocycles. The predicted octanol–water partition coefficient (Wildman–Crippen LogP) is 2.08. The second-order valence-corrected chi connectivity index (χ2v) is 8.09. The SMILES string of the molecule is Cc1n[nH]c(C)c1C(=O)N1CCC(c2nnc3ccc(N4CCCC4)nn23)CC1. The summed E-state index contributed by atoms with van der Waals surface area (Å²) in [6, 6.07) is 4.04. The number of nitrogens with zero attached hydrogens (tertiary/aromatic N) is 7. The Kier molecular flexibility index (Phi) is 4.44. The molecule has 9 heteroatoms. The summed E-state index contributed by atoms with van der Waals surface area (Å²) >= 11 is 0. The third-order valence-electron chi connectivity index (χ3n) is 6.19. The molecule has 1 N–H and O–H groups in total. The number of fused-ring (bicyclic) bond motifs is 1. The van der Waals surface area contributed by atoms with Gasteiger partial charge in [-0.15, -0.1) is 15.3 Å². The molecule has 5 heterocycles. The summed E-state index contributed by atoms with van der Waals surface area (Å²) in [7, 11) is 0. The van der Waals surface area contributed by atoms with E-state index in [2.05, 4.69) is 25.3 Å². The van der Waals surface area contributed by atoms with Gasteiger partial charge >= 0.3 is 0 Å². The molecule has 0 aliphatic carbocycles. The highest BCUT2D eigenvalue weighted by Gasteiger charge is 2.30. The fourth-order valence-corrected chi connectivity index (χ4v) is 4.53. The van der Waals surface area contributed by atoms with E-state index in [1.807, 2.05) is 35.4 Å². The predicted molar refractivity (Wildman–Crippen MR) is 108 cm³/mol. The number of hydrogen-bond acceptors (Lipinski definition) is 6. The molecule has 9 nitrogen and oxygen atoms in total. The van der Waals surface area contributed by atoms with Crippen molar-refractivity contribution in [1.82, 2.24) is 34.9 Å². The average molecular weight is 394 g/mol. The molecular formula is C20H26N8O. The van der Waals surface area contributed by atoms with Crippen molar-refractivity contribution in [2.24, 2.45) is 0 Å². The number of aromatic amines is 1. The van der Waals surface area contributed by atoms with E-state index in [-0.39, 0.29) is 11.8 Å². The summed E-state index contributed by atoms with van der Waals surface area (Å²) in [5.74, 6) is 2.22. The zero-order chi connectivity index (χ0) is 20.0. The van der Waals surface area contributed by atoms with Crippen LogP contribution in [0.25, 0.3) is 5.65 Å². The molecule has 2 aliphatic rings. The molecule has 5 rings (SSSR count). The first-order chi connectivity index (χ1) is 14.1. The van der Waals surface area contributed by atoms with Crippen LogP contribution in [0, 0.1) is 13.8 Å². The van der Waals surface area contributed by atoms with E-state index in [9.17, 15) is 4.79 Å². The van der Waals surface area contributed by atoms with E-state index < -0.39 is 0 Å². The lowest BCUT2D eigenvalue weighted by atomic mass is 9.95.